The van der Waals surface area contributed by atoms with Crippen molar-refractivity contribution in [1.29, 1.82) is 0 Å². The smallest absolute Gasteiger partial charge is 0.307 e. The summed E-state index contributed by atoms with van der Waals surface area (Å²) in [7, 11) is 0. The number of carbonyl (C=O) groups is 2. The van der Waals surface area contributed by atoms with Crippen LogP contribution in [0.2, 0.25) is 0 Å². The van der Waals surface area contributed by atoms with Crippen LogP contribution < -0.4 is 0 Å². The van der Waals surface area contributed by atoms with E-state index in [0.29, 0.717) is 11.1 Å². The highest BCUT2D eigenvalue weighted by Gasteiger charge is 2.04. The lowest BCUT2D eigenvalue weighted by atomic mass is 10.1. The van der Waals surface area contributed by atoms with Crippen LogP contribution >= 0.6 is 0 Å². The molecule has 0 aromatic heterocycles. The molecule has 0 aliphatic heterocycles. The van der Waals surface area contributed by atoms with Crippen molar-refractivity contribution in [2.75, 3.05) is 0 Å². The van der Waals surface area contributed by atoms with E-state index in [1.54, 1.807) is 0 Å². The van der Waals surface area contributed by atoms with Crippen LogP contribution in [0.3, 0.4) is 0 Å². The molecule has 8 heteroatoms. The molecule has 0 saturated heterocycles. The number of carboxylic acids is 2. The number of rotatable bonds is 4. The number of phenols is 4. The lowest BCUT2D eigenvalue weighted by Gasteiger charge is -1.99. The van der Waals surface area contributed by atoms with E-state index in [2.05, 4.69) is 0 Å². The van der Waals surface area contributed by atoms with Crippen molar-refractivity contribution in [3.8, 4) is 23.0 Å². The van der Waals surface area contributed by atoms with Crippen molar-refractivity contribution in [1.82, 2.24) is 0 Å². The van der Waals surface area contributed by atoms with Gasteiger partial charge in [-0.15, -0.1) is 0 Å². The van der Waals surface area contributed by atoms with Crippen molar-refractivity contribution in [2.45, 2.75) is 12.8 Å². The second kappa shape index (κ2) is 8.28. The Bertz CT molecular complexity index is 675. The van der Waals surface area contributed by atoms with E-state index in [1.165, 1.54) is 36.4 Å². The van der Waals surface area contributed by atoms with Gasteiger partial charge in [0.2, 0.25) is 0 Å². The molecule has 0 atom stereocenters. The Labute approximate surface area is 136 Å². The van der Waals surface area contributed by atoms with Crippen LogP contribution in [-0.2, 0) is 22.4 Å². The molecule has 8 nitrogen and oxygen atoms in total. The third-order valence-electron chi connectivity index (χ3n) is 2.79. The van der Waals surface area contributed by atoms with Gasteiger partial charge in [-0.3, -0.25) is 9.59 Å². The third kappa shape index (κ3) is 6.14. The van der Waals surface area contributed by atoms with Crippen LogP contribution in [0.15, 0.2) is 36.4 Å². The van der Waals surface area contributed by atoms with Gasteiger partial charge in [0.05, 0.1) is 12.8 Å². The van der Waals surface area contributed by atoms with Crippen LogP contribution in [-0.4, -0.2) is 42.6 Å². The minimum Gasteiger partial charge on any atom is -0.504 e. The largest absolute Gasteiger partial charge is 0.504 e. The van der Waals surface area contributed by atoms with Crippen LogP contribution in [0.4, 0.5) is 0 Å². The second-order valence-corrected chi connectivity index (χ2v) is 4.79. The van der Waals surface area contributed by atoms with Gasteiger partial charge in [0.15, 0.2) is 23.0 Å². The van der Waals surface area contributed by atoms with E-state index in [1.807, 2.05) is 0 Å². The number of benzene rings is 2. The van der Waals surface area contributed by atoms with Crippen molar-refractivity contribution >= 4 is 11.9 Å². The van der Waals surface area contributed by atoms with Crippen molar-refractivity contribution in [2.24, 2.45) is 0 Å². The van der Waals surface area contributed by atoms with Crippen LogP contribution in [0.25, 0.3) is 0 Å². The van der Waals surface area contributed by atoms with Gasteiger partial charge >= 0.3 is 11.9 Å². The predicted octanol–water partition coefficient (Wildman–Crippen LogP) is 1.45. The first kappa shape index (κ1) is 18.6. The molecule has 2 aromatic rings. The Hall–Kier alpha value is -3.42. The maximum absolute atomic E-state index is 10.2. The fraction of sp³-hybridized carbons (Fsp3) is 0.125. The molecule has 0 unspecified atom stereocenters. The highest BCUT2D eigenvalue weighted by atomic mass is 16.4. The first-order valence-corrected chi connectivity index (χ1v) is 6.64. The quantitative estimate of drug-likeness (QED) is 0.458. The van der Waals surface area contributed by atoms with Gasteiger partial charge in [0, 0.05) is 0 Å². The number of hydrogen-bond acceptors (Lipinski definition) is 6. The molecular formula is C16H16O8. The summed E-state index contributed by atoms with van der Waals surface area (Å²) in [6.07, 6.45) is -0.318. The number of hydrogen-bond donors (Lipinski definition) is 6. The zero-order valence-electron chi connectivity index (χ0n) is 12.4. The Balaban J connectivity index is 0.000000240. The molecule has 0 heterocycles. The molecule has 0 saturated carbocycles. The standard InChI is InChI=1S/2C8H8O4/c2*9-6-2-1-5(3-7(6)10)4-8(11)12/h2*1-3,9-10H,4H2,(H,11,12). The van der Waals surface area contributed by atoms with Crippen molar-refractivity contribution in [3.63, 3.8) is 0 Å². The summed E-state index contributed by atoms with van der Waals surface area (Å²) in [4.78, 5) is 20.4. The zero-order chi connectivity index (χ0) is 18.3. The summed E-state index contributed by atoms with van der Waals surface area (Å²) in [6.45, 7) is 0. The zero-order valence-corrected chi connectivity index (χ0v) is 12.4. The number of phenolic OH excluding ortho intramolecular Hbond substituents is 4. The highest BCUT2D eigenvalue weighted by molar-refractivity contribution is 5.71. The molecule has 6 N–H and O–H groups in total. The SMILES string of the molecule is O=C(O)Cc1ccc(O)c(O)c1.O=C(O)Cc1ccc(O)c(O)c1. The van der Waals surface area contributed by atoms with Gasteiger partial charge in [-0.25, -0.2) is 0 Å². The first-order valence-electron chi connectivity index (χ1n) is 6.64. The fourth-order valence-corrected chi connectivity index (χ4v) is 1.71. The fourth-order valence-electron chi connectivity index (χ4n) is 1.71. The minimum atomic E-state index is -0.972. The molecule has 24 heavy (non-hydrogen) atoms. The van der Waals surface area contributed by atoms with Gasteiger partial charge in [0.25, 0.3) is 0 Å². The van der Waals surface area contributed by atoms with Gasteiger partial charge in [0.1, 0.15) is 0 Å². The van der Waals surface area contributed by atoms with E-state index >= 15 is 0 Å². The van der Waals surface area contributed by atoms with Crippen LogP contribution in [0.5, 0.6) is 23.0 Å². The first-order chi connectivity index (χ1) is 11.2. The molecule has 0 bridgehead atoms. The molecule has 0 amide bonds. The Kier molecular flexibility index (Phi) is 6.42. The summed E-state index contributed by atoms with van der Waals surface area (Å²) >= 11 is 0. The summed E-state index contributed by atoms with van der Waals surface area (Å²) in [5.74, 6) is -3.03. The monoisotopic (exact) mass is 336 g/mol. The van der Waals surface area contributed by atoms with Crippen LogP contribution in [0, 0.1) is 0 Å². The topological polar surface area (TPSA) is 156 Å². The van der Waals surface area contributed by atoms with Crippen LogP contribution in [0.1, 0.15) is 11.1 Å². The van der Waals surface area contributed by atoms with Crippen molar-refractivity contribution < 1.29 is 40.2 Å². The van der Waals surface area contributed by atoms with E-state index in [-0.39, 0.29) is 35.8 Å². The van der Waals surface area contributed by atoms with Gasteiger partial charge in [-0.1, -0.05) is 12.1 Å². The third-order valence-corrected chi connectivity index (χ3v) is 2.79. The molecule has 0 aliphatic rings. The second-order valence-electron chi connectivity index (χ2n) is 4.79. The molecule has 0 fully saturated rings. The summed E-state index contributed by atoms with van der Waals surface area (Å²) in [5, 5.41) is 52.5. The van der Waals surface area contributed by atoms with Crippen molar-refractivity contribution in [3.05, 3.63) is 47.5 Å². The summed E-state index contributed by atoms with van der Waals surface area (Å²) in [6, 6.07) is 7.86. The average Bonchev–Trinajstić information content (AvgIpc) is 2.46. The Morgan fingerprint density at radius 1 is 0.625 bits per heavy atom. The minimum absolute atomic E-state index is 0.159. The van der Waals surface area contributed by atoms with Gasteiger partial charge in [-0.05, 0) is 35.4 Å². The van der Waals surface area contributed by atoms with Gasteiger partial charge in [-0.2, -0.15) is 0 Å². The maximum atomic E-state index is 10.2. The van der Waals surface area contributed by atoms with E-state index in [4.69, 9.17) is 30.6 Å². The van der Waals surface area contributed by atoms with E-state index < -0.39 is 11.9 Å². The highest BCUT2D eigenvalue weighted by Crippen LogP contribution is 2.25. The molecule has 0 spiro atoms. The van der Waals surface area contributed by atoms with E-state index in [9.17, 15) is 9.59 Å². The molecule has 128 valence electrons. The van der Waals surface area contributed by atoms with E-state index in [0.717, 1.165) is 0 Å². The maximum Gasteiger partial charge on any atom is 0.307 e. The lowest BCUT2D eigenvalue weighted by Crippen LogP contribution is -1.99. The predicted molar refractivity (Wildman–Crippen MR) is 82.2 cm³/mol. The molecule has 2 rings (SSSR count). The Morgan fingerprint density at radius 3 is 1.21 bits per heavy atom. The van der Waals surface area contributed by atoms with Gasteiger partial charge < -0.3 is 30.6 Å². The number of aromatic hydroxyl groups is 4. The molecular weight excluding hydrogens is 320 g/mol. The normalized spacial score (nSPS) is 9.67. The average molecular weight is 336 g/mol. The molecule has 0 radical (unpaired) electrons. The summed E-state index contributed by atoms with van der Waals surface area (Å²) in [5.41, 5.74) is 0.913. The summed E-state index contributed by atoms with van der Waals surface area (Å²) < 4.78 is 0. The number of aliphatic carboxylic acids is 2. The molecule has 2 aromatic carbocycles. The number of carboxylic acid groups (broad SMARTS) is 2. The molecule has 0 aliphatic carbocycles. The Morgan fingerprint density at radius 2 is 0.958 bits per heavy atom. The lowest BCUT2D eigenvalue weighted by molar-refractivity contribution is -0.137.